The molecule has 4 rings (SSSR count). The standard InChI is InChI=1S/C22H17BrFNO3S2/c1-14(26)15-6-5-7-16(12-15)29-22-19(24)13-20-18(21(22)23)10-11-25(20)30(27,28)17-8-3-2-4-9-17/h3,5-13H,2,4H2,1H3. The molecule has 0 aliphatic heterocycles. The summed E-state index contributed by atoms with van der Waals surface area (Å²) in [5.41, 5.74) is 0.810. The molecule has 1 heterocycles. The molecule has 0 amide bonds. The van der Waals surface area contributed by atoms with Gasteiger partial charge in [0.15, 0.2) is 5.78 Å². The zero-order chi connectivity index (χ0) is 21.5. The lowest BCUT2D eigenvalue weighted by atomic mass is 10.2. The Hall–Kier alpha value is -2.16. The number of carbonyl (C=O) groups excluding carboxylic acids is 1. The molecule has 0 saturated heterocycles. The van der Waals surface area contributed by atoms with Crippen LogP contribution in [0.2, 0.25) is 0 Å². The molecule has 2 aromatic carbocycles. The molecule has 0 fully saturated rings. The fraction of sp³-hybridized carbons (Fsp3) is 0.136. The third kappa shape index (κ3) is 3.79. The van der Waals surface area contributed by atoms with Crippen molar-refractivity contribution in [2.24, 2.45) is 0 Å². The molecule has 154 valence electrons. The highest BCUT2D eigenvalue weighted by Crippen LogP contribution is 2.41. The van der Waals surface area contributed by atoms with E-state index in [1.165, 1.54) is 30.9 Å². The number of halogens is 2. The van der Waals surface area contributed by atoms with Crippen molar-refractivity contribution in [3.8, 4) is 0 Å². The van der Waals surface area contributed by atoms with Crippen molar-refractivity contribution in [1.29, 1.82) is 0 Å². The minimum atomic E-state index is -3.81. The first-order valence-electron chi connectivity index (χ1n) is 9.19. The highest BCUT2D eigenvalue weighted by Gasteiger charge is 2.24. The largest absolute Gasteiger partial charge is 0.295 e. The predicted octanol–water partition coefficient (Wildman–Crippen LogP) is 6.31. The Morgan fingerprint density at radius 1 is 1.20 bits per heavy atom. The summed E-state index contributed by atoms with van der Waals surface area (Å²) in [4.78, 5) is 12.9. The number of fused-ring (bicyclic) bond motifs is 1. The van der Waals surface area contributed by atoms with Crippen LogP contribution in [0.25, 0.3) is 10.9 Å². The minimum Gasteiger partial charge on any atom is -0.295 e. The molecular formula is C22H17BrFNO3S2. The van der Waals surface area contributed by atoms with Crippen LogP contribution < -0.4 is 0 Å². The van der Waals surface area contributed by atoms with E-state index in [1.807, 2.05) is 6.08 Å². The molecule has 0 spiro atoms. The van der Waals surface area contributed by atoms with Crippen molar-refractivity contribution in [1.82, 2.24) is 3.97 Å². The van der Waals surface area contributed by atoms with E-state index in [1.54, 1.807) is 42.5 Å². The Kier molecular flexibility index (Phi) is 5.74. The van der Waals surface area contributed by atoms with E-state index in [0.717, 1.165) is 10.4 Å². The third-order valence-corrected chi connectivity index (χ3v) is 8.70. The maximum absolute atomic E-state index is 15.1. The van der Waals surface area contributed by atoms with Crippen molar-refractivity contribution in [2.45, 2.75) is 29.6 Å². The number of carbonyl (C=O) groups is 1. The second-order valence-corrected chi connectivity index (χ2v) is 10.5. The van der Waals surface area contributed by atoms with Crippen molar-refractivity contribution in [3.05, 3.63) is 81.6 Å². The van der Waals surface area contributed by atoms with Gasteiger partial charge in [-0.3, -0.25) is 4.79 Å². The number of allylic oxidation sites excluding steroid dienone is 3. The van der Waals surface area contributed by atoms with Crippen LogP contribution in [-0.2, 0) is 10.0 Å². The fourth-order valence-corrected chi connectivity index (χ4v) is 6.41. The van der Waals surface area contributed by atoms with E-state index in [4.69, 9.17) is 0 Å². The molecular weight excluding hydrogens is 489 g/mol. The number of ketones is 1. The Balaban J connectivity index is 1.79. The smallest absolute Gasteiger partial charge is 0.267 e. The molecule has 0 bridgehead atoms. The monoisotopic (exact) mass is 505 g/mol. The molecule has 8 heteroatoms. The second-order valence-electron chi connectivity index (χ2n) is 6.82. The van der Waals surface area contributed by atoms with Crippen LogP contribution >= 0.6 is 27.7 Å². The van der Waals surface area contributed by atoms with Gasteiger partial charge in [0.2, 0.25) is 0 Å². The van der Waals surface area contributed by atoms with Gasteiger partial charge in [-0.2, -0.15) is 0 Å². The normalized spacial score (nSPS) is 14.2. The van der Waals surface area contributed by atoms with Crippen LogP contribution in [0.5, 0.6) is 0 Å². The van der Waals surface area contributed by atoms with E-state index in [2.05, 4.69) is 15.9 Å². The average Bonchev–Trinajstić information content (AvgIpc) is 3.16. The molecule has 0 N–H and O–H groups in total. The van der Waals surface area contributed by atoms with Crippen LogP contribution in [0.1, 0.15) is 30.1 Å². The zero-order valence-corrected chi connectivity index (χ0v) is 19.2. The van der Waals surface area contributed by atoms with E-state index in [-0.39, 0.29) is 16.2 Å². The Labute approximate surface area is 186 Å². The van der Waals surface area contributed by atoms with Crippen LogP contribution in [0.15, 0.2) is 80.0 Å². The van der Waals surface area contributed by atoms with E-state index in [0.29, 0.717) is 31.6 Å². The van der Waals surface area contributed by atoms with Gasteiger partial charge in [0.1, 0.15) is 5.82 Å². The third-order valence-electron chi connectivity index (χ3n) is 4.78. The van der Waals surface area contributed by atoms with Gasteiger partial charge in [-0.1, -0.05) is 36.0 Å². The molecule has 3 aromatic rings. The molecule has 0 unspecified atom stereocenters. The summed E-state index contributed by atoms with van der Waals surface area (Å²) in [6.45, 7) is 1.48. The number of hydrogen-bond donors (Lipinski definition) is 0. The maximum atomic E-state index is 15.1. The number of rotatable bonds is 5. The van der Waals surface area contributed by atoms with Gasteiger partial charge < -0.3 is 0 Å². The Bertz CT molecular complexity index is 1340. The highest BCUT2D eigenvalue weighted by atomic mass is 79.9. The molecule has 0 atom stereocenters. The maximum Gasteiger partial charge on any atom is 0.267 e. The summed E-state index contributed by atoms with van der Waals surface area (Å²) in [5, 5.41) is 0.589. The lowest BCUT2D eigenvalue weighted by molar-refractivity contribution is 0.101. The summed E-state index contributed by atoms with van der Waals surface area (Å²) in [5.74, 6) is -0.614. The molecule has 0 saturated carbocycles. The zero-order valence-electron chi connectivity index (χ0n) is 15.9. The number of hydrogen-bond acceptors (Lipinski definition) is 4. The highest BCUT2D eigenvalue weighted by molar-refractivity contribution is 9.10. The Morgan fingerprint density at radius 2 is 2.00 bits per heavy atom. The van der Waals surface area contributed by atoms with Crippen LogP contribution in [0.4, 0.5) is 4.39 Å². The molecule has 4 nitrogen and oxygen atoms in total. The first kappa shape index (κ1) is 21.1. The van der Waals surface area contributed by atoms with Crippen LogP contribution in [-0.4, -0.2) is 18.2 Å². The van der Waals surface area contributed by atoms with Crippen molar-refractivity contribution >= 4 is 54.4 Å². The van der Waals surface area contributed by atoms with Gasteiger partial charge in [0, 0.05) is 32.6 Å². The van der Waals surface area contributed by atoms with E-state index < -0.39 is 15.8 Å². The van der Waals surface area contributed by atoms with Crippen molar-refractivity contribution in [2.75, 3.05) is 0 Å². The number of aromatic nitrogens is 1. The summed E-state index contributed by atoms with van der Waals surface area (Å²) in [6.07, 6.45) is 7.98. The fourth-order valence-electron chi connectivity index (χ4n) is 3.26. The molecule has 1 aliphatic carbocycles. The predicted molar refractivity (Wildman–Crippen MR) is 121 cm³/mol. The quantitative estimate of drug-likeness (QED) is 0.381. The topological polar surface area (TPSA) is 56.1 Å². The van der Waals surface area contributed by atoms with Crippen LogP contribution in [0, 0.1) is 5.82 Å². The van der Waals surface area contributed by atoms with Crippen molar-refractivity contribution < 1.29 is 17.6 Å². The SMILES string of the molecule is CC(=O)c1cccc(Sc2c(F)cc3c(ccn3S(=O)(=O)C3=CCCC=C3)c2Br)c1. The number of benzene rings is 2. The first-order valence-corrected chi connectivity index (χ1v) is 12.2. The van der Waals surface area contributed by atoms with Gasteiger partial charge >= 0.3 is 0 Å². The molecule has 1 aliphatic rings. The lowest BCUT2D eigenvalue weighted by Crippen LogP contribution is -2.14. The first-order chi connectivity index (χ1) is 14.3. The summed E-state index contributed by atoms with van der Waals surface area (Å²) in [7, 11) is -3.81. The molecule has 1 aromatic heterocycles. The summed E-state index contributed by atoms with van der Waals surface area (Å²) >= 11 is 4.63. The average molecular weight is 506 g/mol. The summed E-state index contributed by atoms with van der Waals surface area (Å²) in [6, 6.07) is 9.85. The van der Waals surface area contributed by atoms with Gasteiger partial charge in [-0.05, 0) is 60.0 Å². The van der Waals surface area contributed by atoms with E-state index >= 15 is 4.39 Å². The number of nitrogens with zero attached hydrogens (tertiary/aromatic N) is 1. The Morgan fingerprint density at radius 3 is 2.70 bits per heavy atom. The van der Waals surface area contributed by atoms with Gasteiger partial charge in [0.25, 0.3) is 10.0 Å². The van der Waals surface area contributed by atoms with Crippen LogP contribution in [0.3, 0.4) is 0 Å². The molecule has 30 heavy (non-hydrogen) atoms. The molecule has 0 radical (unpaired) electrons. The van der Waals surface area contributed by atoms with Gasteiger partial charge in [0.05, 0.1) is 15.3 Å². The van der Waals surface area contributed by atoms with Gasteiger partial charge in [-0.25, -0.2) is 16.8 Å². The summed E-state index contributed by atoms with van der Waals surface area (Å²) < 4.78 is 42.7. The number of Topliss-reactive ketones (excluding diaryl/α,β-unsaturated/α-hetero) is 1. The lowest BCUT2D eigenvalue weighted by Gasteiger charge is -2.13. The second kappa shape index (κ2) is 8.17. The van der Waals surface area contributed by atoms with E-state index in [9.17, 15) is 13.2 Å². The minimum absolute atomic E-state index is 0.0687. The van der Waals surface area contributed by atoms with Gasteiger partial charge in [-0.15, -0.1) is 0 Å². The van der Waals surface area contributed by atoms with Crippen molar-refractivity contribution in [3.63, 3.8) is 0 Å².